The van der Waals surface area contributed by atoms with Crippen LogP contribution in [0.4, 0.5) is 0 Å². The van der Waals surface area contributed by atoms with Gasteiger partial charge in [0, 0.05) is 18.3 Å². The summed E-state index contributed by atoms with van der Waals surface area (Å²) in [5.74, 6) is 0.624. The Morgan fingerprint density at radius 2 is 1.93 bits per heavy atom. The van der Waals surface area contributed by atoms with Gasteiger partial charge >= 0.3 is 0 Å². The maximum absolute atomic E-state index is 4.45. The lowest BCUT2D eigenvalue weighted by atomic mass is 9.94. The zero-order valence-electron chi connectivity index (χ0n) is 8.90. The molecule has 2 rings (SSSR count). The van der Waals surface area contributed by atoms with Gasteiger partial charge in [0.25, 0.3) is 0 Å². The third kappa shape index (κ3) is 2.10. The standard InChI is InChI=1S/C11H17N3/c1-9-7-13-11(8-12-9)10-3-5-14(2)6-4-10/h7-8,10H,3-6H2,1-2H3. The SMILES string of the molecule is Cc1cnc(C2CCN(C)CC2)cn1. The Labute approximate surface area is 85.2 Å². The van der Waals surface area contributed by atoms with E-state index in [0.717, 1.165) is 5.69 Å². The van der Waals surface area contributed by atoms with Crippen molar-refractivity contribution in [2.45, 2.75) is 25.7 Å². The molecule has 2 heterocycles. The number of hydrogen-bond acceptors (Lipinski definition) is 3. The van der Waals surface area contributed by atoms with Crippen LogP contribution in [0, 0.1) is 6.92 Å². The highest BCUT2D eigenvalue weighted by Crippen LogP contribution is 2.25. The minimum absolute atomic E-state index is 0.624. The molecule has 1 aromatic heterocycles. The minimum Gasteiger partial charge on any atom is -0.306 e. The summed E-state index contributed by atoms with van der Waals surface area (Å²) in [7, 11) is 2.18. The third-order valence-corrected chi connectivity index (χ3v) is 2.94. The van der Waals surface area contributed by atoms with Crippen molar-refractivity contribution < 1.29 is 0 Å². The van der Waals surface area contributed by atoms with Gasteiger partial charge in [0.05, 0.1) is 11.4 Å². The fourth-order valence-corrected chi connectivity index (χ4v) is 1.92. The molecule has 0 aliphatic carbocycles. The first kappa shape index (κ1) is 9.59. The highest BCUT2D eigenvalue weighted by Gasteiger charge is 2.19. The molecule has 1 saturated heterocycles. The van der Waals surface area contributed by atoms with E-state index in [0.29, 0.717) is 5.92 Å². The van der Waals surface area contributed by atoms with Crippen LogP contribution in [0.25, 0.3) is 0 Å². The second kappa shape index (κ2) is 4.05. The predicted molar refractivity (Wildman–Crippen MR) is 56.2 cm³/mol. The lowest BCUT2D eigenvalue weighted by Crippen LogP contribution is -2.29. The van der Waals surface area contributed by atoms with Crippen molar-refractivity contribution in [2.75, 3.05) is 20.1 Å². The molecule has 1 fully saturated rings. The number of aromatic nitrogens is 2. The first-order valence-electron chi connectivity index (χ1n) is 5.23. The Kier molecular flexibility index (Phi) is 2.77. The van der Waals surface area contributed by atoms with E-state index in [9.17, 15) is 0 Å². The number of hydrogen-bond donors (Lipinski definition) is 0. The van der Waals surface area contributed by atoms with Gasteiger partial charge in [-0.25, -0.2) is 0 Å². The Morgan fingerprint density at radius 3 is 2.50 bits per heavy atom. The summed E-state index contributed by atoms with van der Waals surface area (Å²) in [6.45, 7) is 4.34. The Morgan fingerprint density at radius 1 is 1.21 bits per heavy atom. The first-order valence-corrected chi connectivity index (χ1v) is 5.23. The highest BCUT2D eigenvalue weighted by atomic mass is 15.1. The van der Waals surface area contributed by atoms with Gasteiger partial charge in [-0.15, -0.1) is 0 Å². The molecule has 14 heavy (non-hydrogen) atoms. The topological polar surface area (TPSA) is 29.0 Å². The normalized spacial score (nSPS) is 19.9. The average molecular weight is 191 g/mol. The summed E-state index contributed by atoms with van der Waals surface area (Å²) in [6, 6.07) is 0. The number of likely N-dealkylation sites (tertiary alicyclic amines) is 1. The second-order valence-electron chi connectivity index (χ2n) is 4.16. The molecule has 1 aliphatic heterocycles. The predicted octanol–water partition coefficient (Wildman–Crippen LogP) is 1.59. The van der Waals surface area contributed by atoms with E-state index >= 15 is 0 Å². The van der Waals surface area contributed by atoms with Gasteiger partial charge in [0.2, 0.25) is 0 Å². The van der Waals surface area contributed by atoms with Crippen LogP contribution in [0.15, 0.2) is 12.4 Å². The summed E-state index contributed by atoms with van der Waals surface area (Å²) in [5, 5.41) is 0. The molecule has 1 aliphatic rings. The number of piperidine rings is 1. The van der Waals surface area contributed by atoms with E-state index in [4.69, 9.17) is 0 Å². The van der Waals surface area contributed by atoms with Crippen molar-refractivity contribution in [2.24, 2.45) is 0 Å². The zero-order chi connectivity index (χ0) is 9.97. The van der Waals surface area contributed by atoms with E-state index in [1.54, 1.807) is 0 Å². The number of nitrogens with zero attached hydrogens (tertiary/aromatic N) is 3. The fraction of sp³-hybridized carbons (Fsp3) is 0.636. The van der Waals surface area contributed by atoms with E-state index in [1.165, 1.54) is 31.6 Å². The van der Waals surface area contributed by atoms with Gasteiger partial charge < -0.3 is 4.90 Å². The maximum atomic E-state index is 4.45. The second-order valence-corrected chi connectivity index (χ2v) is 4.16. The van der Waals surface area contributed by atoms with Crippen molar-refractivity contribution in [1.29, 1.82) is 0 Å². The molecule has 76 valence electrons. The summed E-state index contributed by atoms with van der Waals surface area (Å²) in [6.07, 6.45) is 6.24. The van der Waals surface area contributed by atoms with Crippen LogP contribution in [-0.2, 0) is 0 Å². The molecule has 0 aromatic carbocycles. The fourth-order valence-electron chi connectivity index (χ4n) is 1.92. The molecule has 0 amide bonds. The van der Waals surface area contributed by atoms with Gasteiger partial charge in [0.1, 0.15) is 0 Å². The van der Waals surface area contributed by atoms with Crippen molar-refractivity contribution >= 4 is 0 Å². The van der Waals surface area contributed by atoms with Crippen LogP contribution in [0.5, 0.6) is 0 Å². The van der Waals surface area contributed by atoms with E-state index in [1.807, 2.05) is 19.3 Å². The smallest absolute Gasteiger partial charge is 0.0618 e. The molecule has 0 radical (unpaired) electrons. The van der Waals surface area contributed by atoms with E-state index in [2.05, 4.69) is 21.9 Å². The molecule has 1 aromatic rings. The molecule has 0 N–H and O–H groups in total. The Bertz CT molecular complexity index is 286. The van der Waals surface area contributed by atoms with Gasteiger partial charge in [-0.1, -0.05) is 0 Å². The van der Waals surface area contributed by atoms with E-state index in [-0.39, 0.29) is 0 Å². The van der Waals surface area contributed by atoms with E-state index < -0.39 is 0 Å². The Balaban J connectivity index is 2.05. The van der Waals surface area contributed by atoms with Gasteiger partial charge in [-0.05, 0) is 39.9 Å². The van der Waals surface area contributed by atoms with Crippen LogP contribution >= 0.6 is 0 Å². The first-order chi connectivity index (χ1) is 6.75. The van der Waals surface area contributed by atoms with Gasteiger partial charge in [0.15, 0.2) is 0 Å². The van der Waals surface area contributed by atoms with Crippen molar-refractivity contribution in [3.05, 3.63) is 23.8 Å². The average Bonchev–Trinajstić information content (AvgIpc) is 2.21. The van der Waals surface area contributed by atoms with Crippen LogP contribution in [0.1, 0.15) is 30.1 Å². The van der Waals surface area contributed by atoms with Crippen LogP contribution in [-0.4, -0.2) is 35.0 Å². The van der Waals surface area contributed by atoms with Gasteiger partial charge in [-0.3, -0.25) is 9.97 Å². The van der Waals surface area contributed by atoms with Crippen molar-refractivity contribution in [3.63, 3.8) is 0 Å². The molecule has 0 bridgehead atoms. The molecule has 3 heteroatoms. The van der Waals surface area contributed by atoms with Crippen molar-refractivity contribution in [1.82, 2.24) is 14.9 Å². The van der Waals surface area contributed by atoms with Crippen LogP contribution in [0.3, 0.4) is 0 Å². The molecule has 0 atom stereocenters. The molecule has 0 unspecified atom stereocenters. The molecular formula is C11H17N3. The molecular weight excluding hydrogens is 174 g/mol. The highest BCUT2D eigenvalue weighted by molar-refractivity contribution is 5.07. The molecule has 3 nitrogen and oxygen atoms in total. The monoisotopic (exact) mass is 191 g/mol. The summed E-state index contributed by atoms with van der Waals surface area (Å²) >= 11 is 0. The summed E-state index contributed by atoms with van der Waals surface area (Å²) in [5.41, 5.74) is 2.17. The molecule has 0 spiro atoms. The quantitative estimate of drug-likeness (QED) is 0.675. The Hall–Kier alpha value is -0.960. The lowest BCUT2D eigenvalue weighted by molar-refractivity contribution is 0.253. The van der Waals surface area contributed by atoms with Crippen LogP contribution in [0.2, 0.25) is 0 Å². The lowest BCUT2D eigenvalue weighted by Gasteiger charge is -2.28. The summed E-state index contributed by atoms with van der Waals surface area (Å²) in [4.78, 5) is 11.1. The third-order valence-electron chi connectivity index (χ3n) is 2.94. The van der Waals surface area contributed by atoms with Gasteiger partial charge in [-0.2, -0.15) is 0 Å². The number of rotatable bonds is 1. The molecule has 0 saturated carbocycles. The maximum Gasteiger partial charge on any atom is 0.0618 e. The van der Waals surface area contributed by atoms with Crippen LogP contribution < -0.4 is 0 Å². The largest absolute Gasteiger partial charge is 0.306 e. The van der Waals surface area contributed by atoms with Crippen molar-refractivity contribution in [3.8, 4) is 0 Å². The number of aryl methyl sites for hydroxylation is 1. The summed E-state index contributed by atoms with van der Waals surface area (Å²) < 4.78 is 0. The minimum atomic E-state index is 0.624. The zero-order valence-corrected chi connectivity index (χ0v) is 8.90.